The monoisotopic (exact) mass is 593 g/mol. The van der Waals surface area contributed by atoms with Gasteiger partial charge in [0.1, 0.15) is 23.5 Å². The second kappa shape index (κ2) is 10.1. The zero-order valence-electron chi connectivity index (χ0n) is 25.8. The number of aliphatic hydroxyl groups excluding tert-OH is 2. The number of methoxy groups -OCH3 is 1. The van der Waals surface area contributed by atoms with Crippen molar-refractivity contribution in [3.05, 3.63) is 47.0 Å². The number of rotatable bonds is 5. The van der Waals surface area contributed by atoms with E-state index in [1.807, 2.05) is 40.7 Å². The van der Waals surface area contributed by atoms with E-state index in [-0.39, 0.29) is 29.6 Å². The number of fused-ring (bicyclic) bond motifs is 3. The normalized spacial score (nSPS) is 35.4. The number of nitrogens with two attached hydrogens (primary N) is 1. The minimum atomic E-state index is -2.54. The third-order valence-corrected chi connectivity index (χ3v) is 10.8. The lowest BCUT2D eigenvalue weighted by Gasteiger charge is -2.66. The molecule has 0 aliphatic heterocycles. The first-order chi connectivity index (χ1) is 20.0. The van der Waals surface area contributed by atoms with Crippen LogP contribution in [0.4, 0.5) is 0 Å². The summed E-state index contributed by atoms with van der Waals surface area (Å²) in [6.45, 7) is 11.2. The van der Waals surface area contributed by atoms with Gasteiger partial charge in [0, 0.05) is 11.0 Å². The van der Waals surface area contributed by atoms with Crippen LogP contribution in [0.2, 0.25) is 0 Å². The second-order valence-corrected chi connectivity index (χ2v) is 14.1. The number of primary amides is 1. The minimum Gasteiger partial charge on any atom is -0.507 e. The molecule has 0 radical (unpaired) electrons. The van der Waals surface area contributed by atoms with Crippen LogP contribution < -0.4 is 10.5 Å². The second-order valence-electron chi connectivity index (χ2n) is 14.1. The van der Waals surface area contributed by atoms with Gasteiger partial charge in [-0.25, -0.2) is 0 Å². The Labute approximate surface area is 252 Å². The molecule has 5 rings (SSSR count). The Bertz CT molecular complexity index is 1500. The number of hydrogen-bond donors (Lipinski definition) is 5. The lowest BCUT2D eigenvalue weighted by Crippen LogP contribution is -2.79. The molecule has 8 atom stereocenters. The van der Waals surface area contributed by atoms with Gasteiger partial charge in [0.05, 0.1) is 24.7 Å². The summed E-state index contributed by atoms with van der Waals surface area (Å²) >= 11 is 0. The van der Waals surface area contributed by atoms with Crippen molar-refractivity contribution in [2.75, 3.05) is 7.11 Å². The van der Waals surface area contributed by atoms with Crippen molar-refractivity contribution in [3.63, 3.8) is 0 Å². The van der Waals surface area contributed by atoms with Crippen molar-refractivity contribution >= 4 is 17.5 Å². The molecule has 9 nitrogen and oxygen atoms in total. The van der Waals surface area contributed by atoms with Crippen LogP contribution in [-0.2, 0) is 16.0 Å². The Balaban J connectivity index is 1.74. The highest BCUT2D eigenvalue weighted by atomic mass is 16.5. The van der Waals surface area contributed by atoms with Gasteiger partial charge in [-0.05, 0) is 70.9 Å². The molecule has 0 aromatic heterocycles. The SMILES string of the molecule is COc1ccc(-c2cc(C(C)C)c3c(c2O)C(=O)[C@@H]2C(O)[C@@]4(O)C(=O)[C@H](C(N)=O)C(O)[C@H](C(C)C)[C@@]4(C)C[C@@]2(C)C3)cc1. The van der Waals surface area contributed by atoms with Gasteiger partial charge >= 0.3 is 0 Å². The van der Waals surface area contributed by atoms with Crippen LogP contribution in [0.15, 0.2) is 30.3 Å². The van der Waals surface area contributed by atoms with Crippen LogP contribution in [0.3, 0.4) is 0 Å². The fourth-order valence-corrected chi connectivity index (χ4v) is 9.13. The Hall–Kier alpha value is -3.27. The molecule has 3 aliphatic carbocycles. The standard InChI is InChI=1S/C34H43NO8/c1-15(2)19-12-20(17-8-10-18(43-7)11-9-17)26(36)22-21(19)13-32(5)14-33(6)24(16(3)4)28(38)23(31(35)41)29(39)34(33,42)30(40)25(32)27(22)37/h8-12,15-16,23-25,28,30,36,38,40,42H,13-14H2,1-7H3,(H2,35,41)/t23-,24+,25-,28?,30?,32-,33-,34+/m1/s1. The highest BCUT2D eigenvalue weighted by molar-refractivity contribution is 6.10. The first-order valence-electron chi connectivity index (χ1n) is 15.0. The maximum atomic E-state index is 14.6. The molecule has 0 bridgehead atoms. The van der Waals surface area contributed by atoms with Gasteiger partial charge in [-0.1, -0.05) is 53.7 Å². The Morgan fingerprint density at radius 3 is 2.19 bits per heavy atom. The van der Waals surface area contributed by atoms with E-state index < -0.39 is 63.9 Å². The molecule has 2 saturated carbocycles. The summed E-state index contributed by atoms with van der Waals surface area (Å²) in [5.74, 6) is -6.44. The summed E-state index contributed by atoms with van der Waals surface area (Å²) in [5.41, 5.74) is 3.41. The number of ketones is 2. The van der Waals surface area contributed by atoms with E-state index in [4.69, 9.17) is 10.5 Å². The predicted octanol–water partition coefficient (Wildman–Crippen LogP) is 3.37. The number of benzene rings is 2. The third-order valence-electron chi connectivity index (χ3n) is 10.8. The van der Waals surface area contributed by atoms with E-state index >= 15 is 0 Å². The molecule has 232 valence electrons. The third kappa shape index (κ3) is 4.11. The summed E-state index contributed by atoms with van der Waals surface area (Å²) in [6, 6.07) is 8.98. The van der Waals surface area contributed by atoms with Crippen LogP contribution in [0.1, 0.15) is 75.4 Å². The number of Topliss-reactive ketones (excluding diaryl/α,β-unsaturated/α-hetero) is 2. The Morgan fingerprint density at radius 2 is 1.67 bits per heavy atom. The summed E-state index contributed by atoms with van der Waals surface area (Å²) < 4.78 is 5.27. The molecular weight excluding hydrogens is 550 g/mol. The molecule has 0 spiro atoms. The number of aliphatic hydroxyl groups is 3. The van der Waals surface area contributed by atoms with Gasteiger partial charge in [0.25, 0.3) is 0 Å². The number of hydrogen-bond acceptors (Lipinski definition) is 8. The maximum absolute atomic E-state index is 14.6. The van der Waals surface area contributed by atoms with Gasteiger partial charge in [-0.3, -0.25) is 14.4 Å². The van der Waals surface area contributed by atoms with Gasteiger partial charge < -0.3 is 30.9 Å². The molecule has 1 amide bonds. The molecule has 2 unspecified atom stereocenters. The molecule has 0 heterocycles. The first kappa shape index (κ1) is 31.2. The van der Waals surface area contributed by atoms with E-state index in [1.165, 1.54) is 0 Å². The first-order valence-corrected chi connectivity index (χ1v) is 15.0. The number of carbonyl (C=O) groups is 3. The molecular formula is C34H43NO8. The van der Waals surface area contributed by atoms with E-state index in [1.54, 1.807) is 38.3 Å². The molecule has 0 saturated heterocycles. The average Bonchev–Trinajstić information content (AvgIpc) is 2.90. The van der Waals surface area contributed by atoms with Gasteiger partial charge in [-0.15, -0.1) is 0 Å². The quantitative estimate of drug-likeness (QED) is 0.329. The van der Waals surface area contributed by atoms with E-state index in [2.05, 4.69) is 0 Å². The largest absolute Gasteiger partial charge is 0.507 e. The van der Waals surface area contributed by atoms with Crippen molar-refractivity contribution in [1.29, 1.82) is 0 Å². The molecule has 6 N–H and O–H groups in total. The Morgan fingerprint density at radius 1 is 1.07 bits per heavy atom. The maximum Gasteiger partial charge on any atom is 0.230 e. The number of phenolic OH excluding ortho intramolecular Hbond substituents is 1. The molecule has 9 heteroatoms. The molecule has 43 heavy (non-hydrogen) atoms. The number of phenols is 1. The summed E-state index contributed by atoms with van der Waals surface area (Å²) in [6.07, 6.45) is -2.97. The van der Waals surface area contributed by atoms with Crippen LogP contribution in [0, 0.1) is 34.5 Å². The van der Waals surface area contributed by atoms with Crippen molar-refractivity contribution in [2.45, 2.75) is 78.1 Å². The van der Waals surface area contributed by atoms with Crippen molar-refractivity contribution in [2.24, 2.45) is 40.2 Å². The van der Waals surface area contributed by atoms with Gasteiger partial charge in [0.2, 0.25) is 5.91 Å². The fraction of sp³-hybridized carbons (Fsp3) is 0.559. The minimum absolute atomic E-state index is 0.0156. The van der Waals surface area contributed by atoms with Crippen LogP contribution in [0.25, 0.3) is 11.1 Å². The number of carbonyl (C=O) groups excluding carboxylic acids is 3. The van der Waals surface area contributed by atoms with E-state index in [0.717, 1.165) is 5.56 Å². The molecule has 3 aliphatic rings. The lowest BCUT2D eigenvalue weighted by molar-refractivity contribution is -0.265. The summed E-state index contributed by atoms with van der Waals surface area (Å²) in [4.78, 5) is 40.9. The highest BCUT2D eigenvalue weighted by Crippen LogP contribution is 2.66. The molecule has 2 aromatic carbocycles. The molecule has 2 fully saturated rings. The zero-order chi connectivity index (χ0) is 32.0. The highest BCUT2D eigenvalue weighted by Gasteiger charge is 2.76. The summed E-state index contributed by atoms with van der Waals surface area (Å²) in [7, 11) is 1.55. The van der Waals surface area contributed by atoms with Crippen molar-refractivity contribution in [3.8, 4) is 22.6 Å². The molecule has 2 aromatic rings. The van der Waals surface area contributed by atoms with Gasteiger partial charge in [-0.2, -0.15) is 0 Å². The fourth-order valence-electron chi connectivity index (χ4n) is 9.13. The van der Waals surface area contributed by atoms with Crippen molar-refractivity contribution in [1.82, 2.24) is 0 Å². The topological polar surface area (TPSA) is 167 Å². The number of ether oxygens (including phenoxy) is 1. The zero-order valence-corrected chi connectivity index (χ0v) is 25.8. The van der Waals surface area contributed by atoms with Crippen LogP contribution in [-0.4, -0.2) is 62.8 Å². The Kier molecular flexibility index (Phi) is 7.35. The van der Waals surface area contributed by atoms with Crippen LogP contribution >= 0.6 is 0 Å². The van der Waals surface area contributed by atoms with E-state index in [0.29, 0.717) is 28.9 Å². The van der Waals surface area contributed by atoms with Crippen molar-refractivity contribution < 1.29 is 39.5 Å². The van der Waals surface area contributed by atoms with Crippen LogP contribution in [0.5, 0.6) is 11.5 Å². The predicted molar refractivity (Wildman–Crippen MR) is 160 cm³/mol. The summed E-state index contributed by atoms with van der Waals surface area (Å²) in [5, 5.41) is 47.3. The number of amides is 1. The van der Waals surface area contributed by atoms with Gasteiger partial charge in [0.15, 0.2) is 17.2 Å². The average molecular weight is 594 g/mol. The number of aromatic hydroxyl groups is 1. The smallest absolute Gasteiger partial charge is 0.230 e. The lowest BCUT2D eigenvalue weighted by atomic mass is 9.39. The van der Waals surface area contributed by atoms with E-state index in [9.17, 15) is 34.8 Å².